The zero-order valence-electron chi connectivity index (χ0n) is 8.69. The molecule has 0 aliphatic heterocycles. The molecule has 0 aliphatic rings. The first kappa shape index (κ1) is 10.6. The molecular formula is C9H16N4O. The fourth-order valence-electron chi connectivity index (χ4n) is 1.11. The standard InChI is InChI=1S/C9H16N4O/c1-6(2)12-9(14)7(3)13-4-8(10)11-5-13/h4-7H,10H2,1-3H3,(H,12,14). The van der Waals surface area contributed by atoms with E-state index >= 15 is 0 Å². The van der Waals surface area contributed by atoms with Crippen molar-refractivity contribution >= 4 is 11.7 Å². The summed E-state index contributed by atoms with van der Waals surface area (Å²) < 4.78 is 1.69. The summed E-state index contributed by atoms with van der Waals surface area (Å²) in [7, 11) is 0. The topological polar surface area (TPSA) is 72.9 Å². The summed E-state index contributed by atoms with van der Waals surface area (Å²) in [5, 5.41) is 2.82. The molecule has 0 saturated carbocycles. The van der Waals surface area contributed by atoms with E-state index in [1.165, 1.54) is 0 Å². The highest BCUT2D eigenvalue weighted by Crippen LogP contribution is 2.07. The maximum absolute atomic E-state index is 11.6. The van der Waals surface area contributed by atoms with Gasteiger partial charge in [-0.25, -0.2) is 4.98 Å². The predicted molar refractivity (Wildman–Crippen MR) is 54.6 cm³/mol. The highest BCUT2D eigenvalue weighted by molar-refractivity contribution is 5.80. The summed E-state index contributed by atoms with van der Waals surface area (Å²) in [5.74, 6) is 0.395. The van der Waals surface area contributed by atoms with Crippen LogP contribution in [0.3, 0.4) is 0 Å². The van der Waals surface area contributed by atoms with Crippen LogP contribution in [-0.4, -0.2) is 21.5 Å². The van der Waals surface area contributed by atoms with E-state index in [1.807, 2.05) is 13.8 Å². The Hall–Kier alpha value is -1.52. The molecule has 0 bridgehead atoms. The third kappa shape index (κ3) is 2.48. The number of carbonyl (C=O) groups is 1. The van der Waals surface area contributed by atoms with Gasteiger partial charge in [0.05, 0.1) is 6.33 Å². The fraction of sp³-hybridized carbons (Fsp3) is 0.556. The number of carbonyl (C=O) groups excluding carboxylic acids is 1. The largest absolute Gasteiger partial charge is 0.382 e. The molecule has 1 rings (SSSR count). The molecule has 1 amide bonds. The van der Waals surface area contributed by atoms with Crippen molar-refractivity contribution in [3.05, 3.63) is 12.5 Å². The average Bonchev–Trinajstić information content (AvgIpc) is 2.49. The van der Waals surface area contributed by atoms with E-state index in [0.29, 0.717) is 5.82 Å². The smallest absolute Gasteiger partial charge is 0.243 e. The first-order valence-electron chi connectivity index (χ1n) is 4.60. The van der Waals surface area contributed by atoms with Gasteiger partial charge in [-0.3, -0.25) is 4.79 Å². The molecular weight excluding hydrogens is 180 g/mol. The molecule has 0 spiro atoms. The van der Waals surface area contributed by atoms with E-state index in [4.69, 9.17) is 5.73 Å². The Balaban J connectivity index is 2.65. The Morgan fingerprint density at radius 1 is 1.57 bits per heavy atom. The van der Waals surface area contributed by atoms with E-state index in [-0.39, 0.29) is 18.0 Å². The normalized spacial score (nSPS) is 12.9. The van der Waals surface area contributed by atoms with Crippen molar-refractivity contribution in [2.75, 3.05) is 5.73 Å². The SMILES string of the molecule is CC(C)NC(=O)C(C)n1cnc(N)c1. The van der Waals surface area contributed by atoms with Crippen LogP contribution >= 0.6 is 0 Å². The van der Waals surface area contributed by atoms with Gasteiger partial charge in [0.25, 0.3) is 0 Å². The van der Waals surface area contributed by atoms with Crippen LogP contribution in [0.1, 0.15) is 26.8 Å². The summed E-state index contributed by atoms with van der Waals surface area (Å²) in [6, 6.07) is -0.131. The van der Waals surface area contributed by atoms with Crippen molar-refractivity contribution in [2.45, 2.75) is 32.9 Å². The van der Waals surface area contributed by atoms with Gasteiger partial charge >= 0.3 is 0 Å². The molecule has 0 radical (unpaired) electrons. The maximum atomic E-state index is 11.6. The maximum Gasteiger partial charge on any atom is 0.243 e. The highest BCUT2D eigenvalue weighted by Gasteiger charge is 2.15. The number of hydrogen-bond acceptors (Lipinski definition) is 3. The first-order chi connectivity index (χ1) is 6.50. The summed E-state index contributed by atoms with van der Waals surface area (Å²) in [6.07, 6.45) is 3.20. The van der Waals surface area contributed by atoms with Crippen LogP contribution in [0.5, 0.6) is 0 Å². The van der Waals surface area contributed by atoms with Crippen LogP contribution in [0.25, 0.3) is 0 Å². The summed E-state index contributed by atoms with van der Waals surface area (Å²) in [4.78, 5) is 15.4. The lowest BCUT2D eigenvalue weighted by molar-refractivity contribution is -0.124. The van der Waals surface area contributed by atoms with Gasteiger partial charge in [-0.05, 0) is 20.8 Å². The van der Waals surface area contributed by atoms with Gasteiger partial charge in [-0.2, -0.15) is 0 Å². The number of anilines is 1. The van der Waals surface area contributed by atoms with Crippen LogP contribution in [-0.2, 0) is 4.79 Å². The summed E-state index contributed by atoms with van der Waals surface area (Å²) >= 11 is 0. The molecule has 78 valence electrons. The van der Waals surface area contributed by atoms with Gasteiger partial charge in [-0.15, -0.1) is 0 Å². The Morgan fingerprint density at radius 2 is 2.21 bits per heavy atom. The van der Waals surface area contributed by atoms with Crippen molar-refractivity contribution in [1.82, 2.24) is 14.9 Å². The van der Waals surface area contributed by atoms with Gasteiger partial charge in [0.1, 0.15) is 11.9 Å². The molecule has 1 atom stereocenters. The minimum absolute atomic E-state index is 0.0302. The van der Waals surface area contributed by atoms with Gasteiger partial charge in [-0.1, -0.05) is 0 Å². The second-order valence-corrected chi connectivity index (χ2v) is 3.59. The minimum Gasteiger partial charge on any atom is -0.382 e. The van der Waals surface area contributed by atoms with E-state index < -0.39 is 0 Å². The number of hydrogen-bond donors (Lipinski definition) is 2. The lowest BCUT2D eigenvalue weighted by Gasteiger charge is -2.15. The van der Waals surface area contributed by atoms with Gasteiger partial charge in [0.2, 0.25) is 5.91 Å². The molecule has 0 aromatic carbocycles. The van der Waals surface area contributed by atoms with Crippen molar-refractivity contribution in [3.63, 3.8) is 0 Å². The van der Waals surface area contributed by atoms with Crippen molar-refractivity contribution in [3.8, 4) is 0 Å². The van der Waals surface area contributed by atoms with Crippen LogP contribution in [0.4, 0.5) is 5.82 Å². The Bertz CT molecular complexity index is 318. The first-order valence-corrected chi connectivity index (χ1v) is 4.60. The molecule has 1 aromatic heterocycles. The molecule has 1 unspecified atom stereocenters. The highest BCUT2D eigenvalue weighted by atomic mass is 16.2. The predicted octanol–water partition coefficient (Wildman–Crippen LogP) is 0.551. The van der Waals surface area contributed by atoms with Gasteiger partial charge in [0.15, 0.2) is 0 Å². The molecule has 0 saturated heterocycles. The zero-order valence-corrected chi connectivity index (χ0v) is 8.69. The Labute approximate surface area is 83.3 Å². The third-order valence-electron chi connectivity index (χ3n) is 1.88. The lowest BCUT2D eigenvalue weighted by Crippen LogP contribution is -2.35. The Kier molecular flexibility index (Phi) is 3.11. The molecule has 0 aliphatic carbocycles. The number of rotatable bonds is 3. The van der Waals surface area contributed by atoms with Crippen LogP contribution in [0, 0.1) is 0 Å². The summed E-state index contributed by atoms with van der Waals surface area (Å²) in [6.45, 7) is 5.65. The third-order valence-corrected chi connectivity index (χ3v) is 1.88. The van der Waals surface area contributed by atoms with E-state index in [0.717, 1.165) is 0 Å². The number of imidazole rings is 1. The second kappa shape index (κ2) is 4.13. The van der Waals surface area contributed by atoms with Crippen molar-refractivity contribution in [2.24, 2.45) is 0 Å². The number of amides is 1. The van der Waals surface area contributed by atoms with Crippen molar-refractivity contribution in [1.29, 1.82) is 0 Å². The molecule has 5 heteroatoms. The summed E-state index contributed by atoms with van der Waals surface area (Å²) in [5.41, 5.74) is 5.45. The van der Waals surface area contributed by atoms with Crippen LogP contribution in [0.2, 0.25) is 0 Å². The number of nitrogens with two attached hydrogens (primary N) is 1. The van der Waals surface area contributed by atoms with Gasteiger partial charge in [0, 0.05) is 12.2 Å². The zero-order chi connectivity index (χ0) is 10.7. The van der Waals surface area contributed by atoms with Crippen molar-refractivity contribution < 1.29 is 4.79 Å². The number of nitrogen functional groups attached to an aromatic ring is 1. The Morgan fingerprint density at radius 3 is 2.64 bits per heavy atom. The fourth-order valence-corrected chi connectivity index (χ4v) is 1.11. The van der Waals surface area contributed by atoms with Crippen LogP contribution < -0.4 is 11.1 Å². The van der Waals surface area contributed by atoms with E-state index in [2.05, 4.69) is 10.3 Å². The van der Waals surface area contributed by atoms with Crippen LogP contribution in [0.15, 0.2) is 12.5 Å². The van der Waals surface area contributed by atoms with E-state index in [1.54, 1.807) is 24.0 Å². The molecule has 1 heterocycles. The number of nitrogens with one attached hydrogen (secondary N) is 1. The molecule has 5 nitrogen and oxygen atoms in total. The average molecular weight is 196 g/mol. The van der Waals surface area contributed by atoms with Gasteiger partial charge < -0.3 is 15.6 Å². The molecule has 14 heavy (non-hydrogen) atoms. The molecule has 0 fully saturated rings. The quantitative estimate of drug-likeness (QED) is 0.741. The number of nitrogens with zero attached hydrogens (tertiary/aromatic N) is 2. The number of aromatic nitrogens is 2. The van der Waals surface area contributed by atoms with E-state index in [9.17, 15) is 4.79 Å². The second-order valence-electron chi connectivity index (χ2n) is 3.59. The molecule has 1 aromatic rings. The lowest BCUT2D eigenvalue weighted by atomic mass is 10.3. The monoisotopic (exact) mass is 196 g/mol. The molecule has 3 N–H and O–H groups in total. The minimum atomic E-state index is -0.276.